The van der Waals surface area contributed by atoms with E-state index in [4.69, 9.17) is 4.74 Å². The van der Waals surface area contributed by atoms with Gasteiger partial charge in [-0.25, -0.2) is 0 Å². The van der Waals surface area contributed by atoms with Crippen LogP contribution in [0.1, 0.15) is 0 Å². The molecule has 1 nitrogen and oxygen atoms in total. The van der Waals surface area contributed by atoms with Crippen LogP contribution in [-0.2, 0) is 0 Å². The lowest BCUT2D eigenvalue weighted by atomic mass is 9.84. The average Bonchev–Trinajstić information content (AvgIpc) is 3.17. The molecule has 0 aliphatic carbocycles. The van der Waals surface area contributed by atoms with Gasteiger partial charge in [0.15, 0.2) is 0 Å². The first kappa shape index (κ1) is 26.6. The summed E-state index contributed by atoms with van der Waals surface area (Å²) in [5.41, 5.74) is 9.53. The highest BCUT2D eigenvalue weighted by Gasteiger charge is 2.26. The summed E-state index contributed by atoms with van der Waals surface area (Å²) < 4.78 is 6.88. The van der Waals surface area contributed by atoms with Crippen LogP contribution in [0.25, 0.3) is 98.4 Å². The minimum Gasteiger partial charge on any atom is -0.455 e. The fraction of sp³-hybridized carbons (Fsp3) is 0. The Labute approximate surface area is 283 Å². The van der Waals surface area contributed by atoms with Gasteiger partial charge in [-0.1, -0.05) is 140 Å². The van der Waals surface area contributed by atoms with Crippen LogP contribution in [0.2, 0.25) is 0 Å². The fourth-order valence-corrected chi connectivity index (χ4v) is 8.35. The Kier molecular flexibility index (Phi) is 5.45. The number of ether oxygens (including phenoxy) is 1. The summed E-state index contributed by atoms with van der Waals surface area (Å²) in [6.45, 7) is 0. The lowest BCUT2D eigenvalue weighted by molar-refractivity contribution is 0.493. The largest absolute Gasteiger partial charge is 0.455 e. The monoisotopic (exact) mass is 620 g/mol. The molecule has 0 saturated carbocycles. The van der Waals surface area contributed by atoms with Gasteiger partial charge in [0.25, 0.3) is 0 Å². The van der Waals surface area contributed by atoms with Crippen LogP contribution < -0.4 is 4.74 Å². The van der Waals surface area contributed by atoms with Crippen molar-refractivity contribution in [1.82, 2.24) is 0 Å². The molecule has 0 aromatic heterocycles. The van der Waals surface area contributed by atoms with E-state index in [9.17, 15) is 0 Å². The van der Waals surface area contributed by atoms with Gasteiger partial charge in [0, 0.05) is 16.3 Å². The smallest absolute Gasteiger partial charge is 0.143 e. The fourth-order valence-electron chi connectivity index (χ4n) is 8.35. The molecule has 226 valence electrons. The van der Waals surface area contributed by atoms with Crippen molar-refractivity contribution in [2.75, 3.05) is 0 Å². The zero-order chi connectivity index (χ0) is 32.1. The standard InChI is InChI=1S/C48H28O/c1-2-9-29(10-3-1)35-25-36(38-23-21-33-20-19-31-12-6-13-32-22-24-40(38)46(33)44(31)32)27-37(26-35)42-28-34-11-4-5-16-39(34)48-47(42)41-17-7-14-30-15-8-18-43(49-48)45(30)41/h1-28H. The second-order valence-corrected chi connectivity index (χ2v) is 13.2. The van der Waals surface area contributed by atoms with E-state index in [0.717, 1.165) is 27.8 Å². The van der Waals surface area contributed by atoms with E-state index >= 15 is 0 Å². The average molecular weight is 621 g/mol. The Hall–Kier alpha value is -6.44. The van der Waals surface area contributed by atoms with Crippen molar-refractivity contribution in [2.45, 2.75) is 0 Å². The van der Waals surface area contributed by atoms with Crippen molar-refractivity contribution in [3.8, 4) is 56.0 Å². The normalized spacial score (nSPS) is 12.2. The zero-order valence-corrected chi connectivity index (χ0v) is 26.6. The minimum absolute atomic E-state index is 0.912. The lowest BCUT2D eigenvalue weighted by Gasteiger charge is -2.26. The van der Waals surface area contributed by atoms with Crippen LogP contribution in [0, 0.1) is 0 Å². The molecule has 1 heteroatoms. The van der Waals surface area contributed by atoms with Gasteiger partial charge >= 0.3 is 0 Å². The maximum atomic E-state index is 6.88. The summed E-state index contributed by atoms with van der Waals surface area (Å²) >= 11 is 0. The first-order valence-corrected chi connectivity index (χ1v) is 16.9. The quantitative estimate of drug-likeness (QED) is 0.179. The molecule has 11 rings (SSSR count). The van der Waals surface area contributed by atoms with E-state index in [0.29, 0.717) is 0 Å². The molecule has 0 atom stereocenters. The van der Waals surface area contributed by atoms with Gasteiger partial charge in [-0.3, -0.25) is 0 Å². The van der Waals surface area contributed by atoms with E-state index < -0.39 is 0 Å². The zero-order valence-electron chi connectivity index (χ0n) is 26.6. The maximum absolute atomic E-state index is 6.88. The summed E-state index contributed by atoms with van der Waals surface area (Å²) in [5.74, 6) is 1.84. The summed E-state index contributed by atoms with van der Waals surface area (Å²) in [7, 11) is 0. The molecule has 0 fully saturated rings. The van der Waals surface area contributed by atoms with E-state index in [2.05, 4.69) is 170 Å². The molecule has 10 aromatic carbocycles. The molecule has 0 saturated heterocycles. The van der Waals surface area contributed by atoms with Crippen LogP contribution in [0.3, 0.4) is 0 Å². The summed E-state index contributed by atoms with van der Waals surface area (Å²) in [4.78, 5) is 0. The van der Waals surface area contributed by atoms with Crippen molar-refractivity contribution >= 4 is 53.9 Å². The van der Waals surface area contributed by atoms with E-state index in [-0.39, 0.29) is 0 Å². The third kappa shape index (κ3) is 3.87. The lowest BCUT2D eigenvalue weighted by Crippen LogP contribution is -2.00. The molecule has 1 heterocycles. The summed E-state index contributed by atoms with van der Waals surface area (Å²) in [5, 5.41) is 12.4. The van der Waals surface area contributed by atoms with Crippen molar-refractivity contribution in [1.29, 1.82) is 0 Å². The molecular weight excluding hydrogens is 593 g/mol. The second kappa shape index (κ2) is 10.0. The van der Waals surface area contributed by atoms with Crippen LogP contribution in [0.15, 0.2) is 170 Å². The molecule has 0 spiro atoms. The molecule has 10 aromatic rings. The summed E-state index contributed by atoms with van der Waals surface area (Å²) in [6.07, 6.45) is 0. The van der Waals surface area contributed by atoms with Gasteiger partial charge < -0.3 is 4.74 Å². The van der Waals surface area contributed by atoms with Crippen molar-refractivity contribution in [3.05, 3.63) is 170 Å². The van der Waals surface area contributed by atoms with Crippen molar-refractivity contribution in [2.24, 2.45) is 0 Å². The highest BCUT2D eigenvalue weighted by Crippen LogP contribution is 2.54. The number of benzene rings is 10. The predicted octanol–water partition coefficient (Wildman–Crippen LogP) is 13.7. The van der Waals surface area contributed by atoms with Gasteiger partial charge in [-0.15, -0.1) is 0 Å². The summed E-state index contributed by atoms with van der Waals surface area (Å²) in [6, 6.07) is 62.2. The van der Waals surface area contributed by atoms with E-state index in [1.165, 1.54) is 82.0 Å². The Balaban J connectivity index is 1.25. The second-order valence-electron chi connectivity index (χ2n) is 13.2. The minimum atomic E-state index is 0.912. The number of hydrogen-bond donors (Lipinski definition) is 0. The third-order valence-corrected chi connectivity index (χ3v) is 10.5. The van der Waals surface area contributed by atoms with Gasteiger partial charge in [0.2, 0.25) is 0 Å². The molecule has 1 aliphatic rings. The van der Waals surface area contributed by atoms with Crippen LogP contribution in [0.4, 0.5) is 0 Å². The highest BCUT2D eigenvalue weighted by atomic mass is 16.5. The molecule has 0 radical (unpaired) electrons. The Morgan fingerprint density at radius 3 is 1.76 bits per heavy atom. The first-order valence-electron chi connectivity index (χ1n) is 16.9. The number of fused-ring (bicyclic) bond motifs is 4. The van der Waals surface area contributed by atoms with E-state index in [1.54, 1.807) is 0 Å². The highest BCUT2D eigenvalue weighted by molar-refractivity contribution is 6.25. The predicted molar refractivity (Wildman–Crippen MR) is 207 cm³/mol. The van der Waals surface area contributed by atoms with Gasteiger partial charge in [0.05, 0.1) is 0 Å². The molecule has 0 N–H and O–H groups in total. The molecule has 0 bridgehead atoms. The number of rotatable bonds is 3. The van der Waals surface area contributed by atoms with Crippen molar-refractivity contribution in [3.63, 3.8) is 0 Å². The Bertz CT molecular complexity index is 2930. The molecule has 49 heavy (non-hydrogen) atoms. The van der Waals surface area contributed by atoms with Crippen LogP contribution >= 0.6 is 0 Å². The van der Waals surface area contributed by atoms with Crippen LogP contribution in [0.5, 0.6) is 11.5 Å². The van der Waals surface area contributed by atoms with Crippen LogP contribution in [-0.4, -0.2) is 0 Å². The van der Waals surface area contributed by atoms with Crippen molar-refractivity contribution < 1.29 is 4.74 Å². The molecule has 1 aliphatic heterocycles. The topological polar surface area (TPSA) is 9.23 Å². The Morgan fingerprint density at radius 2 is 0.918 bits per heavy atom. The molecular formula is C48H28O. The molecule has 0 unspecified atom stereocenters. The Morgan fingerprint density at radius 1 is 0.306 bits per heavy atom. The van der Waals surface area contributed by atoms with E-state index in [1.807, 2.05) is 0 Å². The van der Waals surface area contributed by atoms with Gasteiger partial charge in [-0.05, 0) is 112 Å². The van der Waals surface area contributed by atoms with Gasteiger partial charge in [-0.2, -0.15) is 0 Å². The SMILES string of the molecule is c1ccc(-c2cc(-c3cc4ccccc4c4c3-c3cccc5cccc(c35)O4)cc(-c3ccc4ccc5cccc6ccc3c4c56)c2)cc1. The third-order valence-electron chi connectivity index (χ3n) is 10.5. The number of hydrogen-bond acceptors (Lipinski definition) is 1. The molecule has 0 amide bonds. The maximum Gasteiger partial charge on any atom is 0.143 e. The van der Waals surface area contributed by atoms with Gasteiger partial charge in [0.1, 0.15) is 11.5 Å². The first-order chi connectivity index (χ1) is 24.3.